The summed E-state index contributed by atoms with van der Waals surface area (Å²) in [6, 6.07) is 10.3. The van der Waals surface area contributed by atoms with Crippen LogP contribution in [0.15, 0.2) is 39.3 Å². The number of aromatic nitrogens is 1. The molecule has 0 radical (unpaired) electrons. The molecule has 1 aliphatic rings. The van der Waals surface area contributed by atoms with Crippen molar-refractivity contribution in [2.75, 3.05) is 0 Å². The van der Waals surface area contributed by atoms with E-state index in [1.165, 1.54) is 5.56 Å². The van der Waals surface area contributed by atoms with Crippen LogP contribution in [-0.2, 0) is 11.2 Å². The Hall–Kier alpha value is -1.62. The highest BCUT2D eigenvalue weighted by Crippen LogP contribution is 2.41. The number of aryl methyl sites for hydroxylation is 1. The van der Waals surface area contributed by atoms with Crippen LogP contribution in [-0.4, -0.2) is 17.1 Å². The van der Waals surface area contributed by atoms with Gasteiger partial charge in [0.15, 0.2) is 0 Å². The molecule has 0 aliphatic heterocycles. The Kier molecular flexibility index (Phi) is 3.61. The summed E-state index contributed by atoms with van der Waals surface area (Å²) in [7, 11) is 0. The van der Waals surface area contributed by atoms with Crippen molar-refractivity contribution < 1.29 is 9.32 Å². The third-order valence-corrected chi connectivity index (χ3v) is 3.98. The smallest absolute Gasteiger partial charge is 0.226 e. The predicted octanol–water partition coefficient (Wildman–Crippen LogP) is 2.96. The SMILES string of the molecule is Cc1cc(CC(=O)N[C@H]2C[C@@H]2c2ccc(Br)cc2)no1. The zero-order valence-corrected chi connectivity index (χ0v) is 12.7. The van der Waals surface area contributed by atoms with E-state index in [-0.39, 0.29) is 18.4 Å². The molecule has 1 amide bonds. The lowest BCUT2D eigenvalue weighted by molar-refractivity contribution is -0.120. The monoisotopic (exact) mass is 334 g/mol. The molecule has 1 saturated carbocycles. The van der Waals surface area contributed by atoms with E-state index in [1.54, 1.807) is 6.07 Å². The molecule has 2 aromatic rings. The van der Waals surface area contributed by atoms with Crippen LogP contribution in [0.25, 0.3) is 0 Å². The quantitative estimate of drug-likeness (QED) is 0.935. The minimum absolute atomic E-state index is 0.00270. The van der Waals surface area contributed by atoms with E-state index in [4.69, 9.17) is 4.52 Å². The zero-order valence-electron chi connectivity index (χ0n) is 11.1. The normalized spacial score (nSPS) is 20.7. The second-order valence-electron chi connectivity index (χ2n) is 5.17. The molecule has 2 atom stereocenters. The first-order valence-corrected chi connectivity index (χ1v) is 7.38. The summed E-state index contributed by atoms with van der Waals surface area (Å²) >= 11 is 3.42. The van der Waals surface area contributed by atoms with Crippen LogP contribution in [0.3, 0.4) is 0 Å². The van der Waals surface area contributed by atoms with Gasteiger partial charge in [-0.05, 0) is 31.0 Å². The lowest BCUT2D eigenvalue weighted by atomic mass is 10.1. The van der Waals surface area contributed by atoms with Gasteiger partial charge in [-0.3, -0.25) is 4.79 Å². The first kappa shape index (κ1) is 13.4. The summed E-state index contributed by atoms with van der Waals surface area (Å²) in [5.41, 5.74) is 1.96. The van der Waals surface area contributed by atoms with Crippen molar-refractivity contribution in [3.63, 3.8) is 0 Å². The standard InChI is InChI=1S/C15H15BrN2O2/c1-9-6-12(18-20-9)7-15(19)17-14-8-13(14)10-2-4-11(16)5-3-10/h2-6,13-14H,7-8H2,1H3,(H,17,19)/t13-,14+/m1/s1. The number of amides is 1. The highest BCUT2D eigenvalue weighted by Gasteiger charge is 2.39. The molecule has 0 bridgehead atoms. The third kappa shape index (κ3) is 3.10. The summed E-state index contributed by atoms with van der Waals surface area (Å²) in [6.07, 6.45) is 1.28. The fourth-order valence-corrected chi connectivity index (χ4v) is 2.62. The molecule has 5 heteroatoms. The van der Waals surface area contributed by atoms with Gasteiger partial charge in [0.25, 0.3) is 0 Å². The average Bonchev–Trinajstić information content (AvgIpc) is 3.04. The molecule has 104 valence electrons. The van der Waals surface area contributed by atoms with Crippen molar-refractivity contribution in [1.29, 1.82) is 0 Å². The zero-order chi connectivity index (χ0) is 14.1. The molecular formula is C15H15BrN2O2. The molecule has 0 saturated heterocycles. The number of hydrogen-bond acceptors (Lipinski definition) is 3. The van der Waals surface area contributed by atoms with Crippen LogP contribution in [0.1, 0.15) is 29.4 Å². The minimum Gasteiger partial charge on any atom is -0.361 e. The molecule has 1 N–H and O–H groups in total. The van der Waals surface area contributed by atoms with Crippen molar-refractivity contribution in [3.8, 4) is 0 Å². The molecule has 1 heterocycles. The molecular weight excluding hydrogens is 320 g/mol. The summed E-state index contributed by atoms with van der Waals surface area (Å²) in [5.74, 6) is 1.17. The van der Waals surface area contributed by atoms with E-state index in [9.17, 15) is 4.79 Å². The fraction of sp³-hybridized carbons (Fsp3) is 0.333. The summed E-state index contributed by atoms with van der Waals surface area (Å²) < 4.78 is 6.03. The number of nitrogens with zero attached hydrogens (tertiary/aromatic N) is 1. The van der Waals surface area contributed by atoms with Gasteiger partial charge in [-0.1, -0.05) is 33.2 Å². The summed E-state index contributed by atoms with van der Waals surface area (Å²) in [4.78, 5) is 11.9. The Morgan fingerprint density at radius 2 is 2.20 bits per heavy atom. The summed E-state index contributed by atoms with van der Waals surface area (Å²) in [6.45, 7) is 1.82. The Balaban J connectivity index is 1.52. The second-order valence-corrected chi connectivity index (χ2v) is 6.09. The number of benzene rings is 1. The molecule has 1 fully saturated rings. The Morgan fingerprint density at radius 3 is 2.85 bits per heavy atom. The van der Waals surface area contributed by atoms with Crippen molar-refractivity contribution in [3.05, 3.63) is 51.8 Å². The van der Waals surface area contributed by atoms with Crippen LogP contribution in [0.5, 0.6) is 0 Å². The molecule has 0 spiro atoms. The third-order valence-electron chi connectivity index (χ3n) is 3.45. The molecule has 4 nitrogen and oxygen atoms in total. The number of carbonyl (C=O) groups is 1. The van der Waals surface area contributed by atoms with Crippen LogP contribution in [0.4, 0.5) is 0 Å². The van der Waals surface area contributed by atoms with E-state index in [2.05, 4.69) is 38.5 Å². The topological polar surface area (TPSA) is 55.1 Å². The van der Waals surface area contributed by atoms with Gasteiger partial charge in [0.05, 0.1) is 12.1 Å². The largest absolute Gasteiger partial charge is 0.361 e. The minimum atomic E-state index is 0.00270. The van der Waals surface area contributed by atoms with Crippen LogP contribution < -0.4 is 5.32 Å². The van der Waals surface area contributed by atoms with E-state index < -0.39 is 0 Å². The molecule has 20 heavy (non-hydrogen) atoms. The highest BCUT2D eigenvalue weighted by molar-refractivity contribution is 9.10. The molecule has 1 aliphatic carbocycles. The molecule has 1 aromatic heterocycles. The van der Waals surface area contributed by atoms with Gasteiger partial charge in [0.2, 0.25) is 5.91 Å². The molecule has 0 unspecified atom stereocenters. The number of nitrogens with one attached hydrogen (secondary N) is 1. The van der Waals surface area contributed by atoms with Gasteiger partial charge in [-0.2, -0.15) is 0 Å². The Bertz CT molecular complexity index is 621. The van der Waals surface area contributed by atoms with Crippen LogP contribution in [0, 0.1) is 6.92 Å². The molecule has 3 rings (SSSR count). The number of carbonyl (C=O) groups excluding carboxylic acids is 1. The maximum absolute atomic E-state index is 11.9. The van der Waals surface area contributed by atoms with E-state index in [0.29, 0.717) is 11.6 Å². The lowest BCUT2D eigenvalue weighted by Gasteiger charge is -2.03. The predicted molar refractivity (Wildman–Crippen MR) is 78.4 cm³/mol. The summed E-state index contributed by atoms with van der Waals surface area (Å²) in [5, 5.41) is 6.87. The number of hydrogen-bond donors (Lipinski definition) is 1. The van der Waals surface area contributed by atoms with Crippen molar-refractivity contribution in [2.24, 2.45) is 0 Å². The highest BCUT2D eigenvalue weighted by atomic mass is 79.9. The average molecular weight is 335 g/mol. The Labute approximate surface area is 125 Å². The second kappa shape index (κ2) is 5.40. The Morgan fingerprint density at radius 1 is 1.45 bits per heavy atom. The first-order valence-electron chi connectivity index (χ1n) is 6.59. The van der Waals surface area contributed by atoms with Crippen molar-refractivity contribution in [1.82, 2.24) is 10.5 Å². The fourth-order valence-electron chi connectivity index (χ4n) is 2.36. The molecule has 1 aromatic carbocycles. The van der Waals surface area contributed by atoms with Gasteiger partial charge in [-0.25, -0.2) is 0 Å². The maximum atomic E-state index is 11.9. The number of halogens is 1. The van der Waals surface area contributed by atoms with Gasteiger partial charge >= 0.3 is 0 Å². The van der Waals surface area contributed by atoms with E-state index in [0.717, 1.165) is 16.7 Å². The van der Waals surface area contributed by atoms with Crippen molar-refractivity contribution >= 4 is 21.8 Å². The van der Waals surface area contributed by atoms with Gasteiger partial charge in [0, 0.05) is 22.5 Å². The van der Waals surface area contributed by atoms with Crippen molar-refractivity contribution in [2.45, 2.75) is 31.7 Å². The van der Waals surface area contributed by atoms with E-state index >= 15 is 0 Å². The van der Waals surface area contributed by atoms with Gasteiger partial charge in [-0.15, -0.1) is 0 Å². The van der Waals surface area contributed by atoms with Gasteiger partial charge < -0.3 is 9.84 Å². The first-order chi connectivity index (χ1) is 9.61. The van der Waals surface area contributed by atoms with Gasteiger partial charge in [0.1, 0.15) is 5.76 Å². The van der Waals surface area contributed by atoms with Crippen LogP contribution >= 0.6 is 15.9 Å². The lowest BCUT2D eigenvalue weighted by Crippen LogP contribution is -2.28. The maximum Gasteiger partial charge on any atom is 0.226 e. The van der Waals surface area contributed by atoms with E-state index in [1.807, 2.05) is 19.1 Å². The van der Waals surface area contributed by atoms with Crippen LogP contribution in [0.2, 0.25) is 0 Å². The number of rotatable bonds is 4.